The molecule has 4 fully saturated rings. The summed E-state index contributed by atoms with van der Waals surface area (Å²) in [5, 5.41) is 16.6. The van der Waals surface area contributed by atoms with Crippen LogP contribution in [-0.2, 0) is 11.3 Å². The molecule has 4 aliphatic carbocycles. The van der Waals surface area contributed by atoms with Gasteiger partial charge in [-0.05, 0) is 91.8 Å². The minimum Gasteiger partial charge on any atom is -0.476 e. The largest absolute Gasteiger partial charge is 0.476 e. The molecule has 184 valence electrons. The third-order valence-electron chi connectivity index (χ3n) is 10.4. The molecule has 33 heavy (non-hydrogen) atoms. The molecule has 0 radical (unpaired) electrons. The maximum atomic E-state index is 13.3. The number of aromatic nitrogens is 3. The molecule has 0 spiro atoms. The van der Waals surface area contributed by atoms with Crippen molar-refractivity contribution >= 4 is 11.8 Å². The van der Waals surface area contributed by atoms with Crippen molar-refractivity contribution in [3.63, 3.8) is 0 Å². The van der Waals surface area contributed by atoms with Crippen LogP contribution in [0.3, 0.4) is 0 Å². The predicted octanol–water partition coefficient (Wildman–Crippen LogP) is 5.87. The third-order valence-corrected chi connectivity index (χ3v) is 10.4. The van der Waals surface area contributed by atoms with E-state index in [1.807, 2.05) is 13.8 Å². The van der Waals surface area contributed by atoms with Gasteiger partial charge in [-0.15, -0.1) is 5.10 Å². The quantitative estimate of drug-likeness (QED) is 0.611. The zero-order valence-electron chi connectivity index (χ0n) is 21.2. The molecule has 6 nitrogen and oxygen atoms in total. The van der Waals surface area contributed by atoms with E-state index in [2.05, 4.69) is 31.1 Å². The van der Waals surface area contributed by atoms with Gasteiger partial charge in [-0.3, -0.25) is 4.79 Å². The first-order valence-electron chi connectivity index (χ1n) is 13.4. The zero-order chi connectivity index (χ0) is 24.0. The average Bonchev–Trinajstić information content (AvgIpc) is 3.40. The molecule has 1 aromatic rings. The van der Waals surface area contributed by atoms with E-state index < -0.39 is 5.97 Å². The predicted molar refractivity (Wildman–Crippen MR) is 128 cm³/mol. The van der Waals surface area contributed by atoms with E-state index >= 15 is 0 Å². The number of carbonyl (C=O) groups is 2. The van der Waals surface area contributed by atoms with E-state index in [0.29, 0.717) is 11.3 Å². The summed E-state index contributed by atoms with van der Waals surface area (Å²) < 4.78 is 1.41. The first-order chi connectivity index (χ1) is 15.7. The van der Waals surface area contributed by atoms with Crippen molar-refractivity contribution in [3.05, 3.63) is 11.9 Å². The van der Waals surface area contributed by atoms with E-state index in [1.54, 1.807) is 0 Å². The molecule has 4 aliphatic rings. The molecule has 0 saturated heterocycles. The highest BCUT2D eigenvalue weighted by Crippen LogP contribution is 2.67. The van der Waals surface area contributed by atoms with Gasteiger partial charge >= 0.3 is 5.97 Å². The Morgan fingerprint density at radius 3 is 2.42 bits per heavy atom. The maximum Gasteiger partial charge on any atom is 0.358 e. The van der Waals surface area contributed by atoms with Crippen LogP contribution in [0.4, 0.5) is 0 Å². The highest BCUT2D eigenvalue weighted by molar-refractivity contribution is 5.85. The Hall–Kier alpha value is -1.72. The van der Waals surface area contributed by atoms with Gasteiger partial charge in [-0.2, -0.15) is 0 Å². The second-order valence-electron chi connectivity index (χ2n) is 11.8. The number of rotatable bonds is 4. The molecule has 1 aromatic heterocycles. The lowest BCUT2D eigenvalue weighted by Crippen LogP contribution is -2.53. The summed E-state index contributed by atoms with van der Waals surface area (Å²) in [5.41, 5.74) is 0.488. The van der Waals surface area contributed by atoms with E-state index in [-0.39, 0.29) is 29.4 Å². The van der Waals surface area contributed by atoms with Crippen molar-refractivity contribution < 1.29 is 14.7 Å². The Bertz CT molecular complexity index is 882. The highest BCUT2D eigenvalue weighted by Gasteiger charge is 2.60. The summed E-state index contributed by atoms with van der Waals surface area (Å²) in [4.78, 5) is 24.4. The van der Waals surface area contributed by atoms with Crippen LogP contribution in [0, 0.1) is 46.3 Å². The number of carbonyl (C=O) groups excluding carboxylic acids is 1. The molecule has 0 bridgehead atoms. The van der Waals surface area contributed by atoms with Gasteiger partial charge in [0.2, 0.25) is 0 Å². The fourth-order valence-electron chi connectivity index (χ4n) is 8.74. The number of carboxylic acid groups (broad SMARTS) is 1. The van der Waals surface area contributed by atoms with Crippen molar-refractivity contribution in [1.82, 2.24) is 15.0 Å². The lowest BCUT2D eigenvalue weighted by molar-refractivity contribution is -0.137. The first-order valence-corrected chi connectivity index (χ1v) is 13.4. The van der Waals surface area contributed by atoms with Gasteiger partial charge in [0, 0.05) is 5.92 Å². The number of carboxylic acids is 1. The van der Waals surface area contributed by atoms with Gasteiger partial charge in [0.1, 0.15) is 6.54 Å². The molecule has 4 saturated carbocycles. The van der Waals surface area contributed by atoms with Gasteiger partial charge in [-0.1, -0.05) is 46.3 Å². The summed E-state index contributed by atoms with van der Waals surface area (Å²) in [6.45, 7) is 11.6. The standard InChI is InChI=1S/C25H37N3O3.C2H6/c1-15-8-10-24(2)16(12-15)4-5-17-18-6-7-20(25(18,3)11-9-19(17)24)22(29)14-28-13-21(23(30)31)26-27-28;1-2/h13,15-20H,4-12,14H2,1-3H3,(H,30,31);1-2H3/t15?,16?,17?,18?,19?,20-,24?,25?;/m1./s1. The van der Waals surface area contributed by atoms with E-state index in [4.69, 9.17) is 5.11 Å². The monoisotopic (exact) mass is 457 g/mol. The fraction of sp³-hybridized carbons (Fsp3) is 0.852. The number of hydrogen-bond acceptors (Lipinski definition) is 4. The van der Waals surface area contributed by atoms with Gasteiger partial charge in [-0.25, -0.2) is 9.48 Å². The summed E-state index contributed by atoms with van der Waals surface area (Å²) in [5.74, 6) is 3.21. The molecule has 5 rings (SSSR count). The highest BCUT2D eigenvalue weighted by atomic mass is 16.4. The zero-order valence-corrected chi connectivity index (χ0v) is 21.2. The molecular weight excluding hydrogens is 414 g/mol. The van der Waals surface area contributed by atoms with E-state index in [9.17, 15) is 9.59 Å². The number of hydrogen-bond donors (Lipinski definition) is 1. The number of fused-ring (bicyclic) bond motifs is 5. The molecule has 0 aromatic carbocycles. The van der Waals surface area contributed by atoms with Crippen LogP contribution in [0.2, 0.25) is 0 Å². The number of nitrogens with zero attached hydrogens (tertiary/aromatic N) is 3. The molecule has 6 heteroatoms. The topological polar surface area (TPSA) is 85.1 Å². The Labute approximate surface area is 198 Å². The summed E-state index contributed by atoms with van der Waals surface area (Å²) in [6, 6.07) is 0. The van der Waals surface area contributed by atoms with Crippen LogP contribution in [0.25, 0.3) is 0 Å². The molecule has 8 atom stereocenters. The van der Waals surface area contributed by atoms with Crippen LogP contribution >= 0.6 is 0 Å². The Kier molecular flexibility index (Phi) is 6.76. The van der Waals surface area contributed by atoms with Crippen LogP contribution in [0.1, 0.15) is 103 Å². The minimum absolute atomic E-state index is 0.0628. The Morgan fingerprint density at radius 2 is 1.73 bits per heavy atom. The number of aromatic carboxylic acids is 1. The van der Waals surface area contributed by atoms with Gasteiger partial charge in [0.25, 0.3) is 0 Å². The van der Waals surface area contributed by atoms with Crippen molar-refractivity contribution in [2.75, 3.05) is 0 Å². The van der Waals surface area contributed by atoms with Crippen LogP contribution in [-0.4, -0.2) is 31.9 Å². The van der Waals surface area contributed by atoms with Crippen LogP contribution < -0.4 is 0 Å². The summed E-state index contributed by atoms with van der Waals surface area (Å²) in [6.07, 6.45) is 12.9. The van der Waals surface area contributed by atoms with E-state index in [1.165, 1.54) is 55.8 Å². The lowest BCUT2D eigenvalue weighted by atomic mass is 9.44. The summed E-state index contributed by atoms with van der Waals surface area (Å²) in [7, 11) is 0. The number of ketones is 1. The fourth-order valence-corrected chi connectivity index (χ4v) is 8.74. The van der Waals surface area contributed by atoms with Gasteiger partial charge in [0.05, 0.1) is 6.20 Å². The first kappa shape index (κ1) is 24.4. The van der Waals surface area contributed by atoms with Crippen molar-refractivity contribution in [2.45, 2.75) is 99.0 Å². The smallest absolute Gasteiger partial charge is 0.358 e. The molecule has 1 N–H and O–H groups in total. The van der Waals surface area contributed by atoms with Gasteiger partial charge in [0.15, 0.2) is 11.5 Å². The minimum atomic E-state index is -1.11. The van der Waals surface area contributed by atoms with Crippen molar-refractivity contribution in [3.8, 4) is 0 Å². The molecule has 0 amide bonds. The average molecular weight is 458 g/mol. The maximum absolute atomic E-state index is 13.3. The summed E-state index contributed by atoms with van der Waals surface area (Å²) >= 11 is 0. The van der Waals surface area contributed by atoms with Crippen molar-refractivity contribution in [2.24, 2.45) is 46.3 Å². The van der Waals surface area contributed by atoms with Crippen molar-refractivity contribution in [1.29, 1.82) is 0 Å². The second-order valence-corrected chi connectivity index (χ2v) is 11.8. The number of Topliss-reactive ketones (excluding diaryl/α,β-unsaturated/α-hetero) is 1. The van der Waals surface area contributed by atoms with Crippen LogP contribution in [0.15, 0.2) is 6.20 Å². The molecule has 0 aliphatic heterocycles. The van der Waals surface area contributed by atoms with E-state index in [0.717, 1.165) is 36.5 Å². The third kappa shape index (κ3) is 4.05. The molecular formula is C27H43N3O3. The molecule has 7 unspecified atom stereocenters. The lowest BCUT2D eigenvalue weighted by Gasteiger charge is -2.61. The van der Waals surface area contributed by atoms with Crippen LogP contribution in [0.5, 0.6) is 0 Å². The van der Waals surface area contributed by atoms with Gasteiger partial charge < -0.3 is 5.11 Å². The second kappa shape index (κ2) is 9.14. The normalized spacial score (nSPS) is 41.7. The Morgan fingerprint density at radius 1 is 1.03 bits per heavy atom. The molecule has 1 heterocycles. The Balaban J connectivity index is 0.00000126. The SMILES string of the molecule is CC.CC1CCC2(C)C(CCC3C2CCC2(C)C3CC[C@@H]2C(=O)Cn2cc(C(=O)O)nn2)C1.